The second-order valence-electron chi connectivity index (χ2n) is 2.76. The summed E-state index contributed by atoms with van der Waals surface area (Å²) in [7, 11) is 0. The van der Waals surface area contributed by atoms with Gasteiger partial charge in [-0.2, -0.15) is 0 Å². The van der Waals surface area contributed by atoms with Gasteiger partial charge in [-0.25, -0.2) is 0 Å². The summed E-state index contributed by atoms with van der Waals surface area (Å²) in [6, 6.07) is -0.135. The van der Waals surface area contributed by atoms with Crippen LogP contribution in [0.25, 0.3) is 0 Å². The van der Waals surface area contributed by atoms with Gasteiger partial charge < -0.3 is 15.8 Å². The summed E-state index contributed by atoms with van der Waals surface area (Å²) >= 11 is 0. The van der Waals surface area contributed by atoms with E-state index in [9.17, 15) is 4.79 Å². The lowest BCUT2D eigenvalue weighted by atomic mass is 9.98. The highest BCUT2D eigenvalue weighted by molar-refractivity contribution is 5.79. The van der Waals surface area contributed by atoms with Crippen LogP contribution in [0.15, 0.2) is 0 Å². The van der Waals surface area contributed by atoms with Crippen LogP contribution in [0, 0.1) is 11.3 Å². The zero-order valence-electron chi connectivity index (χ0n) is 6.21. The predicted molar refractivity (Wildman–Crippen MR) is 40.5 cm³/mol. The Kier molecular flexibility index (Phi) is 2.59. The molecule has 0 aromatic heterocycles. The van der Waals surface area contributed by atoms with Gasteiger partial charge in [-0.05, 0) is 18.6 Å². The maximum Gasteiger partial charge on any atom is 0.220 e. The minimum absolute atomic E-state index is 0.0177. The van der Waals surface area contributed by atoms with Gasteiger partial charge in [0.05, 0.1) is 12.6 Å². The lowest BCUT2D eigenvalue weighted by Gasteiger charge is -2.12. The molecule has 4 nitrogen and oxygen atoms in total. The van der Waals surface area contributed by atoms with E-state index in [0.29, 0.717) is 12.8 Å². The number of aliphatic hydroxyl groups excluding tert-OH is 1. The van der Waals surface area contributed by atoms with E-state index in [2.05, 4.69) is 5.32 Å². The molecule has 3 N–H and O–H groups in total. The van der Waals surface area contributed by atoms with E-state index in [0.717, 1.165) is 0 Å². The zero-order valence-corrected chi connectivity index (χ0v) is 6.21. The summed E-state index contributed by atoms with van der Waals surface area (Å²) in [5.74, 6) is 0.0981. The molecule has 0 radical (unpaired) electrons. The van der Waals surface area contributed by atoms with Crippen LogP contribution in [0.4, 0.5) is 0 Å². The van der Waals surface area contributed by atoms with Crippen molar-refractivity contribution in [2.24, 2.45) is 5.92 Å². The number of aliphatic hydroxyl groups is 1. The highest BCUT2D eigenvalue weighted by atomic mass is 16.3. The molecule has 1 amide bonds. The van der Waals surface area contributed by atoms with Crippen LogP contribution in [-0.4, -0.2) is 29.9 Å². The fraction of sp³-hybridized carbons (Fsp3) is 0.714. The molecule has 1 aliphatic heterocycles. The summed E-state index contributed by atoms with van der Waals surface area (Å²) in [5.41, 5.74) is 0. The van der Waals surface area contributed by atoms with Crippen molar-refractivity contribution >= 4 is 12.1 Å². The number of rotatable bonds is 3. The molecule has 0 aliphatic carbocycles. The van der Waals surface area contributed by atoms with Crippen molar-refractivity contribution in [2.75, 3.05) is 6.61 Å². The van der Waals surface area contributed by atoms with Crippen LogP contribution >= 0.6 is 0 Å². The summed E-state index contributed by atoms with van der Waals surface area (Å²) < 4.78 is 0. The molecule has 1 rings (SSSR count). The van der Waals surface area contributed by atoms with E-state index in [1.54, 1.807) is 0 Å². The third kappa shape index (κ3) is 1.77. The standard InChI is InChI=1S/C7H12N2O2/c8-2-1-5-3-7(11)9-6(5)4-10/h2,5-6,8,10H,1,3-4H2,(H,9,11)/t5-,6+/m0/s1. The Labute approximate surface area is 65.1 Å². The number of hydrogen-bond donors (Lipinski definition) is 3. The molecule has 1 heterocycles. The van der Waals surface area contributed by atoms with E-state index in [-0.39, 0.29) is 24.5 Å². The molecule has 0 aromatic rings. The molecule has 0 spiro atoms. The Morgan fingerprint density at radius 3 is 3.09 bits per heavy atom. The van der Waals surface area contributed by atoms with Gasteiger partial charge in [0.1, 0.15) is 0 Å². The summed E-state index contributed by atoms with van der Waals surface area (Å²) in [5, 5.41) is 18.3. The summed E-state index contributed by atoms with van der Waals surface area (Å²) in [6.45, 7) is -0.0236. The first-order valence-electron chi connectivity index (χ1n) is 3.67. The molecular weight excluding hydrogens is 144 g/mol. The lowest BCUT2D eigenvalue weighted by Crippen LogP contribution is -2.32. The van der Waals surface area contributed by atoms with Gasteiger partial charge >= 0.3 is 0 Å². The first-order chi connectivity index (χ1) is 5.27. The van der Waals surface area contributed by atoms with Crippen molar-refractivity contribution < 1.29 is 9.90 Å². The predicted octanol–water partition coefficient (Wildman–Crippen LogP) is -0.477. The van der Waals surface area contributed by atoms with Crippen molar-refractivity contribution in [3.05, 3.63) is 0 Å². The first kappa shape index (κ1) is 8.20. The van der Waals surface area contributed by atoms with Crippen molar-refractivity contribution in [3.63, 3.8) is 0 Å². The van der Waals surface area contributed by atoms with Crippen molar-refractivity contribution in [1.29, 1.82) is 5.41 Å². The minimum Gasteiger partial charge on any atom is -0.394 e. The van der Waals surface area contributed by atoms with Crippen LogP contribution < -0.4 is 5.32 Å². The number of amides is 1. The van der Waals surface area contributed by atoms with E-state index in [4.69, 9.17) is 10.5 Å². The van der Waals surface area contributed by atoms with Crippen LogP contribution in [0.3, 0.4) is 0 Å². The molecule has 1 aliphatic rings. The van der Waals surface area contributed by atoms with Crippen LogP contribution in [0.5, 0.6) is 0 Å². The molecular formula is C7H12N2O2. The van der Waals surface area contributed by atoms with Gasteiger partial charge in [-0.1, -0.05) is 0 Å². The molecule has 11 heavy (non-hydrogen) atoms. The van der Waals surface area contributed by atoms with Gasteiger partial charge in [0.15, 0.2) is 0 Å². The molecule has 0 bridgehead atoms. The summed E-state index contributed by atoms with van der Waals surface area (Å²) in [4.78, 5) is 10.8. The second kappa shape index (κ2) is 3.48. The largest absolute Gasteiger partial charge is 0.394 e. The van der Waals surface area contributed by atoms with Gasteiger partial charge in [0.25, 0.3) is 0 Å². The van der Waals surface area contributed by atoms with Crippen molar-refractivity contribution in [1.82, 2.24) is 5.32 Å². The average molecular weight is 156 g/mol. The summed E-state index contributed by atoms with van der Waals surface area (Å²) in [6.07, 6.45) is 2.30. The fourth-order valence-electron chi connectivity index (χ4n) is 1.36. The third-order valence-electron chi connectivity index (χ3n) is 1.98. The van der Waals surface area contributed by atoms with Crippen LogP contribution in [-0.2, 0) is 4.79 Å². The Bertz CT molecular complexity index is 170. The second-order valence-corrected chi connectivity index (χ2v) is 2.76. The van der Waals surface area contributed by atoms with Crippen LogP contribution in [0.1, 0.15) is 12.8 Å². The lowest BCUT2D eigenvalue weighted by molar-refractivity contribution is -0.119. The highest BCUT2D eigenvalue weighted by Crippen LogP contribution is 2.18. The normalized spacial score (nSPS) is 30.1. The number of hydrogen-bond acceptors (Lipinski definition) is 3. The number of nitrogens with one attached hydrogen (secondary N) is 2. The van der Waals surface area contributed by atoms with Gasteiger partial charge in [0, 0.05) is 6.42 Å². The molecule has 1 saturated heterocycles. The average Bonchev–Trinajstić information content (AvgIpc) is 2.32. The molecule has 0 saturated carbocycles. The van der Waals surface area contributed by atoms with Crippen molar-refractivity contribution in [2.45, 2.75) is 18.9 Å². The molecule has 1 fully saturated rings. The maximum atomic E-state index is 10.8. The molecule has 2 atom stereocenters. The van der Waals surface area contributed by atoms with E-state index < -0.39 is 0 Å². The van der Waals surface area contributed by atoms with Gasteiger partial charge in [-0.15, -0.1) is 0 Å². The smallest absolute Gasteiger partial charge is 0.220 e. The molecule has 0 unspecified atom stereocenters. The molecule has 62 valence electrons. The highest BCUT2D eigenvalue weighted by Gasteiger charge is 2.30. The Morgan fingerprint density at radius 1 is 1.82 bits per heavy atom. The fourth-order valence-corrected chi connectivity index (χ4v) is 1.36. The van der Waals surface area contributed by atoms with Gasteiger partial charge in [-0.3, -0.25) is 4.79 Å². The quantitative estimate of drug-likeness (QED) is 0.483. The topological polar surface area (TPSA) is 73.2 Å². The Hall–Kier alpha value is -0.900. The van der Waals surface area contributed by atoms with E-state index in [1.165, 1.54) is 6.21 Å². The third-order valence-corrected chi connectivity index (χ3v) is 1.98. The van der Waals surface area contributed by atoms with Crippen molar-refractivity contribution in [3.8, 4) is 0 Å². The number of carbonyl (C=O) groups is 1. The molecule has 0 aromatic carbocycles. The maximum absolute atomic E-state index is 10.8. The SMILES string of the molecule is N=CC[C@H]1CC(=O)N[C@@H]1CO. The Morgan fingerprint density at radius 2 is 2.55 bits per heavy atom. The molecule has 4 heteroatoms. The van der Waals surface area contributed by atoms with Gasteiger partial charge in [0.2, 0.25) is 5.91 Å². The van der Waals surface area contributed by atoms with E-state index >= 15 is 0 Å². The monoisotopic (exact) mass is 156 g/mol. The first-order valence-corrected chi connectivity index (χ1v) is 3.67. The van der Waals surface area contributed by atoms with E-state index in [1.807, 2.05) is 0 Å². The zero-order chi connectivity index (χ0) is 8.27. The Balaban J connectivity index is 2.49. The minimum atomic E-state index is -0.135. The number of carbonyl (C=O) groups excluding carboxylic acids is 1. The van der Waals surface area contributed by atoms with Crippen LogP contribution in [0.2, 0.25) is 0 Å².